The SMILES string of the molecule is O=S(=O)(Nc1ncc[nH]1)c1cc(Cl)ccc1Cl. The third kappa shape index (κ3) is 2.71. The zero-order chi connectivity index (χ0) is 12.5. The number of sulfonamides is 1. The Kier molecular flexibility index (Phi) is 3.28. The van der Waals surface area contributed by atoms with E-state index in [2.05, 4.69) is 14.7 Å². The molecule has 0 amide bonds. The number of halogens is 2. The second-order valence-corrected chi connectivity index (χ2v) is 5.61. The van der Waals surface area contributed by atoms with Gasteiger partial charge in [-0.25, -0.2) is 18.1 Å². The highest BCUT2D eigenvalue weighted by Crippen LogP contribution is 2.25. The molecule has 0 fully saturated rings. The van der Waals surface area contributed by atoms with E-state index in [0.29, 0.717) is 0 Å². The highest BCUT2D eigenvalue weighted by molar-refractivity contribution is 7.92. The van der Waals surface area contributed by atoms with Crippen LogP contribution < -0.4 is 4.72 Å². The van der Waals surface area contributed by atoms with Crippen LogP contribution in [0.2, 0.25) is 10.0 Å². The average molecular weight is 292 g/mol. The second kappa shape index (κ2) is 4.56. The molecule has 5 nitrogen and oxygen atoms in total. The number of rotatable bonds is 3. The molecule has 17 heavy (non-hydrogen) atoms. The molecule has 0 unspecified atom stereocenters. The highest BCUT2D eigenvalue weighted by atomic mass is 35.5. The fraction of sp³-hybridized carbons (Fsp3) is 0. The van der Waals surface area contributed by atoms with Gasteiger partial charge in [-0.3, -0.25) is 0 Å². The minimum absolute atomic E-state index is 0.0912. The standard InChI is InChI=1S/C9H7Cl2N3O2S/c10-6-1-2-7(11)8(5-6)17(15,16)14-9-12-3-4-13-9/h1-5H,(H2,12,13,14). The number of hydrogen-bond acceptors (Lipinski definition) is 3. The lowest BCUT2D eigenvalue weighted by Gasteiger charge is -2.07. The molecule has 2 aromatic rings. The number of anilines is 1. The van der Waals surface area contributed by atoms with Crippen LogP contribution in [-0.4, -0.2) is 18.4 Å². The van der Waals surface area contributed by atoms with E-state index in [9.17, 15) is 8.42 Å². The monoisotopic (exact) mass is 291 g/mol. The Morgan fingerprint density at radius 1 is 1.29 bits per heavy atom. The van der Waals surface area contributed by atoms with Crippen molar-refractivity contribution in [1.82, 2.24) is 9.97 Å². The first-order valence-electron chi connectivity index (χ1n) is 4.46. The number of nitrogens with zero attached hydrogens (tertiary/aromatic N) is 1. The maximum atomic E-state index is 12.0. The number of nitrogens with one attached hydrogen (secondary N) is 2. The quantitative estimate of drug-likeness (QED) is 0.912. The summed E-state index contributed by atoms with van der Waals surface area (Å²) < 4.78 is 26.2. The van der Waals surface area contributed by atoms with E-state index < -0.39 is 10.0 Å². The first-order valence-corrected chi connectivity index (χ1v) is 6.70. The minimum Gasteiger partial charge on any atom is -0.330 e. The van der Waals surface area contributed by atoms with E-state index >= 15 is 0 Å². The lowest BCUT2D eigenvalue weighted by atomic mass is 10.4. The third-order valence-corrected chi connectivity index (χ3v) is 3.97. The fourth-order valence-corrected chi connectivity index (χ4v) is 2.93. The van der Waals surface area contributed by atoms with Crippen LogP contribution in [0.3, 0.4) is 0 Å². The van der Waals surface area contributed by atoms with Crippen molar-refractivity contribution >= 4 is 39.2 Å². The van der Waals surface area contributed by atoms with Crippen molar-refractivity contribution in [2.24, 2.45) is 0 Å². The van der Waals surface area contributed by atoms with Crippen LogP contribution in [0.5, 0.6) is 0 Å². The van der Waals surface area contributed by atoms with Gasteiger partial charge >= 0.3 is 0 Å². The predicted molar refractivity (Wildman–Crippen MR) is 65.9 cm³/mol. The van der Waals surface area contributed by atoms with Crippen LogP contribution in [0.1, 0.15) is 0 Å². The van der Waals surface area contributed by atoms with Crippen molar-refractivity contribution in [3.8, 4) is 0 Å². The minimum atomic E-state index is -3.80. The number of hydrogen-bond donors (Lipinski definition) is 2. The van der Waals surface area contributed by atoms with Crippen LogP contribution >= 0.6 is 23.2 Å². The van der Waals surface area contributed by atoms with E-state index in [4.69, 9.17) is 23.2 Å². The van der Waals surface area contributed by atoms with Crippen molar-refractivity contribution < 1.29 is 8.42 Å². The van der Waals surface area contributed by atoms with Gasteiger partial charge in [-0.1, -0.05) is 23.2 Å². The molecule has 1 heterocycles. The van der Waals surface area contributed by atoms with Crippen LogP contribution in [0.15, 0.2) is 35.5 Å². The summed E-state index contributed by atoms with van der Waals surface area (Å²) in [4.78, 5) is 6.28. The van der Waals surface area contributed by atoms with E-state index in [1.807, 2.05) is 0 Å². The average Bonchev–Trinajstić information content (AvgIpc) is 2.73. The molecule has 8 heteroatoms. The Morgan fingerprint density at radius 3 is 2.71 bits per heavy atom. The van der Waals surface area contributed by atoms with Crippen molar-refractivity contribution in [2.45, 2.75) is 4.90 Å². The molecule has 1 aromatic carbocycles. The molecule has 0 aliphatic rings. The molecule has 0 saturated carbocycles. The summed E-state index contributed by atoms with van der Waals surface area (Å²) in [5.41, 5.74) is 0. The summed E-state index contributed by atoms with van der Waals surface area (Å²) in [5, 5.41) is 0.377. The van der Waals surface area contributed by atoms with Crippen molar-refractivity contribution in [3.63, 3.8) is 0 Å². The number of H-pyrrole nitrogens is 1. The molecular weight excluding hydrogens is 285 g/mol. The highest BCUT2D eigenvalue weighted by Gasteiger charge is 2.19. The molecule has 0 saturated heterocycles. The Morgan fingerprint density at radius 2 is 2.06 bits per heavy atom. The first kappa shape index (κ1) is 12.2. The van der Waals surface area contributed by atoms with Crippen LogP contribution in [0, 0.1) is 0 Å². The molecule has 2 rings (SSSR count). The molecule has 1 aromatic heterocycles. The van der Waals surface area contributed by atoms with Gasteiger partial charge in [0.1, 0.15) is 4.90 Å². The second-order valence-electron chi connectivity index (χ2n) is 3.12. The van der Waals surface area contributed by atoms with Crippen LogP contribution in [0.4, 0.5) is 5.95 Å². The Hall–Kier alpha value is -1.24. The van der Waals surface area contributed by atoms with Gasteiger partial charge in [-0.2, -0.15) is 0 Å². The first-order chi connectivity index (χ1) is 7.99. The van der Waals surface area contributed by atoms with Gasteiger partial charge in [0.05, 0.1) is 5.02 Å². The summed E-state index contributed by atoms with van der Waals surface area (Å²) in [6.45, 7) is 0. The van der Waals surface area contributed by atoms with Crippen LogP contribution in [0.25, 0.3) is 0 Å². The number of aromatic nitrogens is 2. The summed E-state index contributed by atoms with van der Waals surface area (Å²) in [6.07, 6.45) is 2.93. The zero-order valence-electron chi connectivity index (χ0n) is 8.31. The summed E-state index contributed by atoms with van der Waals surface area (Å²) in [5.74, 6) is 0.112. The fourth-order valence-electron chi connectivity index (χ4n) is 1.19. The van der Waals surface area contributed by atoms with Gasteiger partial charge in [0.25, 0.3) is 10.0 Å². The predicted octanol–water partition coefficient (Wildman–Crippen LogP) is 2.52. The van der Waals surface area contributed by atoms with Gasteiger partial charge in [-0.05, 0) is 18.2 Å². The maximum Gasteiger partial charge on any atom is 0.265 e. The van der Waals surface area contributed by atoms with Crippen molar-refractivity contribution in [3.05, 3.63) is 40.6 Å². The smallest absolute Gasteiger partial charge is 0.265 e. The number of imidazole rings is 1. The van der Waals surface area contributed by atoms with Gasteiger partial charge in [0, 0.05) is 17.4 Å². The molecule has 0 spiro atoms. The Labute approximate surface area is 108 Å². The lowest BCUT2D eigenvalue weighted by molar-refractivity contribution is 0.601. The van der Waals surface area contributed by atoms with Gasteiger partial charge < -0.3 is 4.98 Å². The number of benzene rings is 1. The largest absolute Gasteiger partial charge is 0.330 e. The van der Waals surface area contributed by atoms with Gasteiger partial charge in [0.2, 0.25) is 5.95 Å². The molecule has 0 atom stereocenters. The summed E-state index contributed by atoms with van der Waals surface area (Å²) in [7, 11) is -3.80. The lowest BCUT2D eigenvalue weighted by Crippen LogP contribution is -2.14. The molecule has 0 aliphatic carbocycles. The molecular formula is C9H7Cl2N3O2S. The molecule has 2 N–H and O–H groups in total. The molecule has 0 radical (unpaired) electrons. The number of aromatic amines is 1. The normalized spacial score (nSPS) is 11.4. The van der Waals surface area contributed by atoms with E-state index in [1.54, 1.807) is 0 Å². The molecule has 0 bridgehead atoms. The van der Waals surface area contributed by atoms with Crippen LogP contribution in [-0.2, 0) is 10.0 Å². The van der Waals surface area contributed by atoms with Crippen molar-refractivity contribution in [1.29, 1.82) is 0 Å². The summed E-state index contributed by atoms with van der Waals surface area (Å²) >= 11 is 11.5. The third-order valence-electron chi connectivity index (χ3n) is 1.91. The topological polar surface area (TPSA) is 74.8 Å². The molecule has 0 aliphatic heterocycles. The van der Waals surface area contributed by atoms with Gasteiger partial charge in [-0.15, -0.1) is 0 Å². The van der Waals surface area contributed by atoms with Gasteiger partial charge in [0.15, 0.2) is 0 Å². The maximum absolute atomic E-state index is 12.0. The van der Waals surface area contributed by atoms with E-state index in [1.165, 1.54) is 30.6 Å². The van der Waals surface area contributed by atoms with E-state index in [-0.39, 0.29) is 20.9 Å². The van der Waals surface area contributed by atoms with Crippen molar-refractivity contribution in [2.75, 3.05) is 4.72 Å². The Balaban J connectivity index is 2.41. The molecule has 90 valence electrons. The summed E-state index contributed by atoms with van der Waals surface area (Å²) in [6, 6.07) is 4.20. The van der Waals surface area contributed by atoms with E-state index in [0.717, 1.165) is 0 Å². The zero-order valence-corrected chi connectivity index (χ0v) is 10.6. The Bertz CT molecular complexity index is 626.